The molecule has 0 bridgehead atoms. The number of halogens is 4. The van der Waals surface area contributed by atoms with Crippen molar-refractivity contribution in [1.29, 1.82) is 0 Å². The summed E-state index contributed by atoms with van der Waals surface area (Å²) in [6, 6.07) is 3.31. The molecule has 0 aliphatic carbocycles. The predicted octanol–water partition coefficient (Wildman–Crippen LogP) is 3.68. The fourth-order valence-electron chi connectivity index (χ4n) is 1.72. The lowest BCUT2D eigenvalue weighted by Gasteiger charge is -2.17. The summed E-state index contributed by atoms with van der Waals surface area (Å²) in [4.78, 5) is 0.937. The number of benzene rings is 1. The predicted molar refractivity (Wildman–Crippen MR) is 72.1 cm³/mol. The van der Waals surface area contributed by atoms with Crippen LogP contribution < -0.4 is 11.3 Å². The molecule has 0 amide bonds. The first-order valence-electron chi connectivity index (χ1n) is 5.36. The number of hydrogen-bond donors (Lipinski definition) is 2. The highest BCUT2D eigenvalue weighted by atomic mass is 79.9. The summed E-state index contributed by atoms with van der Waals surface area (Å²) in [7, 11) is 0. The lowest BCUT2D eigenvalue weighted by molar-refractivity contribution is 0.425. The third-order valence-electron chi connectivity index (χ3n) is 2.72. The molecule has 7 heteroatoms. The number of nitrogens with two attached hydrogens (primary N) is 1. The maximum atomic E-state index is 13.7. The molecular weight excluding hydrogens is 341 g/mol. The largest absolute Gasteiger partial charge is 0.271 e. The molecule has 0 spiro atoms. The van der Waals surface area contributed by atoms with Crippen LogP contribution >= 0.6 is 27.3 Å². The molecule has 1 atom stereocenters. The molecule has 0 aliphatic heterocycles. The molecule has 102 valence electrons. The van der Waals surface area contributed by atoms with Crippen LogP contribution in [-0.2, 0) is 6.42 Å². The molecular formula is C12H10BrF3N2S. The van der Waals surface area contributed by atoms with Gasteiger partial charge in [-0.2, -0.15) is 0 Å². The van der Waals surface area contributed by atoms with Gasteiger partial charge >= 0.3 is 0 Å². The Kier molecular flexibility index (Phi) is 4.62. The van der Waals surface area contributed by atoms with Gasteiger partial charge in [0.25, 0.3) is 0 Å². The van der Waals surface area contributed by atoms with E-state index in [4.69, 9.17) is 5.84 Å². The minimum Gasteiger partial charge on any atom is -0.271 e. The van der Waals surface area contributed by atoms with Crippen molar-refractivity contribution in [3.8, 4) is 0 Å². The van der Waals surface area contributed by atoms with Crippen molar-refractivity contribution in [1.82, 2.24) is 5.43 Å². The topological polar surface area (TPSA) is 38.0 Å². The normalized spacial score (nSPS) is 12.7. The number of nitrogens with one attached hydrogen (secondary N) is 1. The van der Waals surface area contributed by atoms with E-state index in [1.54, 1.807) is 0 Å². The van der Waals surface area contributed by atoms with Crippen LogP contribution in [-0.4, -0.2) is 0 Å². The standard InChI is InChI=1S/C12H10BrF3N2S/c13-7-3-4-19-10(7)5-9(18-17)6-1-2-8(14)12(16)11(6)15/h1-4,9,18H,5,17H2. The van der Waals surface area contributed by atoms with Gasteiger partial charge in [-0.05, 0) is 33.4 Å². The smallest absolute Gasteiger partial charge is 0.194 e. The van der Waals surface area contributed by atoms with E-state index < -0.39 is 23.5 Å². The lowest BCUT2D eigenvalue weighted by Crippen LogP contribution is -2.30. The van der Waals surface area contributed by atoms with Crippen molar-refractivity contribution in [3.63, 3.8) is 0 Å². The van der Waals surface area contributed by atoms with Gasteiger partial charge in [-0.25, -0.2) is 13.2 Å². The summed E-state index contributed by atoms with van der Waals surface area (Å²) in [6.07, 6.45) is 0.372. The van der Waals surface area contributed by atoms with Gasteiger partial charge in [0, 0.05) is 21.3 Å². The van der Waals surface area contributed by atoms with Crippen LogP contribution in [0.3, 0.4) is 0 Å². The van der Waals surface area contributed by atoms with Crippen molar-refractivity contribution < 1.29 is 13.2 Å². The molecule has 0 aliphatic rings. The summed E-state index contributed by atoms with van der Waals surface area (Å²) < 4.78 is 40.7. The zero-order valence-electron chi connectivity index (χ0n) is 9.59. The molecule has 2 nitrogen and oxygen atoms in total. The van der Waals surface area contributed by atoms with E-state index in [0.29, 0.717) is 6.42 Å². The first-order valence-corrected chi connectivity index (χ1v) is 7.03. The van der Waals surface area contributed by atoms with Crippen molar-refractivity contribution in [2.75, 3.05) is 0 Å². The third-order valence-corrected chi connectivity index (χ3v) is 4.67. The quantitative estimate of drug-likeness (QED) is 0.501. The molecule has 2 aromatic rings. The molecule has 1 aromatic carbocycles. The maximum Gasteiger partial charge on any atom is 0.194 e. The number of hydrogen-bond acceptors (Lipinski definition) is 3. The zero-order valence-corrected chi connectivity index (χ0v) is 12.0. The number of rotatable bonds is 4. The Labute approximate surface area is 120 Å². The molecule has 1 heterocycles. The number of hydrazine groups is 1. The van der Waals surface area contributed by atoms with Crippen LogP contribution in [0.15, 0.2) is 28.1 Å². The summed E-state index contributed by atoms with van der Waals surface area (Å²) >= 11 is 4.82. The first-order chi connectivity index (χ1) is 9.04. The average Bonchev–Trinajstić information content (AvgIpc) is 2.80. The number of thiophene rings is 1. The maximum absolute atomic E-state index is 13.7. The van der Waals surface area contributed by atoms with E-state index in [9.17, 15) is 13.2 Å². The van der Waals surface area contributed by atoms with Gasteiger partial charge in [0.1, 0.15) is 0 Å². The van der Waals surface area contributed by atoms with Crippen molar-refractivity contribution in [3.05, 3.63) is 55.9 Å². The second kappa shape index (κ2) is 6.04. The molecule has 1 unspecified atom stereocenters. The van der Waals surface area contributed by atoms with Gasteiger partial charge in [0.05, 0.1) is 6.04 Å². The average molecular weight is 351 g/mol. The van der Waals surface area contributed by atoms with Crippen molar-refractivity contribution >= 4 is 27.3 Å². The van der Waals surface area contributed by atoms with E-state index in [-0.39, 0.29) is 5.56 Å². The molecule has 1 aromatic heterocycles. The fraction of sp³-hybridized carbons (Fsp3) is 0.167. The first kappa shape index (κ1) is 14.5. The molecule has 0 saturated heterocycles. The second-order valence-electron chi connectivity index (χ2n) is 3.88. The van der Waals surface area contributed by atoms with E-state index in [1.807, 2.05) is 11.4 Å². The minimum absolute atomic E-state index is 0.00157. The van der Waals surface area contributed by atoms with Gasteiger partial charge in [0.2, 0.25) is 0 Å². The van der Waals surface area contributed by atoms with Crippen LogP contribution in [0.1, 0.15) is 16.5 Å². The Morgan fingerprint density at radius 2 is 1.95 bits per heavy atom. The fourth-order valence-corrected chi connectivity index (χ4v) is 3.29. The molecule has 2 rings (SSSR count). The zero-order chi connectivity index (χ0) is 14.0. The van der Waals surface area contributed by atoms with E-state index in [1.165, 1.54) is 17.4 Å². The molecule has 0 radical (unpaired) electrons. The Morgan fingerprint density at radius 3 is 2.53 bits per heavy atom. The van der Waals surface area contributed by atoms with Crippen LogP contribution in [0.2, 0.25) is 0 Å². The lowest BCUT2D eigenvalue weighted by atomic mass is 10.0. The summed E-state index contributed by atoms with van der Waals surface area (Å²) in [5, 5.41) is 1.87. The van der Waals surface area contributed by atoms with Gasteiger partial charge in [-0.3, -0.25) is 11.3 Å². The highest BCUT2D eigenvalue weighted by Crippen LogP contribution is 2.29. The minimum atomic E-state index is -1.48. The SMILES string of the molecule is NNC(Cc1sccc1Br)c1ccc(F)c(F)c1F. The van der Waals surface area contributed by atoms with Crippen LogP contribution in [0.25, 0.3) is 0 Å². The Balaban J connectivity index is 2.33. The Hall–Kier alpha value is -0.890. The van der Waals surface area contributed by atoms with Crippen LogP contribution in [0.5, 0.6) is 0 Å². The van der Waals surface area contributed by atoms with Crippen LogP contribution in [0.4, 0.5) is 13.2 Å². The summed E-state index contributed by atoms with van der Waals surface area (Å²) in [5.41, 5.74) is 2.43. The van der Waals surface area contributed by atoms with Gasteiger partial charge < -0.3 is 0 Å². The summed E-state index contributed by atoms with van der Waals surface area (Å²) in [6.45, 7) is 0. The molecule has 0 saturated carbocycles. The van der Waals surface area contributed by atoms with E-state index in [0.717, 1.165) is 15.4 Å². The van der Waals surface area contributed by atoms with Crippen molar-refractivity contribution in [2.24, 2.45) is 5.84 Å². The molecule has 3 N–H and O–H groups in total. The highest BCUT2D eigenvalue weighted by molar-refractivity contribution is 9.10. The molecule has 0 fully saturated rings. The highest BCUT2D eigenvalue weighted by Gasteiger charge is 2.21. The second-order valence-corrected chi connectivity index (χ2v) is 5.73. The van der Waals surface area contributed by atoms with Gasteiger partial charge in [-0.1, -0.05) is 6.07 Å². The van der Waals surface area contributed by atoms with Crippen molar-refractivity contribution in [2.45, 2.75) is 12.5 Å². The summed E-state index contributed by atoms with van der Waals surface area (Å²) in [5.74, 6) is 1.48. The van der Waals surface area contributed by atoms with Gasteiger partial charge in [0.15, 0.2) is 17.5 Å². The third kappa shape index (κ3) is 3.00. The van der Waals surface area contributed by atoms with E-state index >= 15 is 0 Å². The monoisotopic (exact) mass is 350 g/mol. The van der Waals surface area contributed by atoms with E-state index in [2.05, 4.69) is 21.4 Å². The Morgan fingerprint density at radius 1 is 1.21 bits per heavy atom. The van der Waals surface area contributed by atoms with Gasteiger partial charge in [-0.15, -0.1) is 11.3 Å². The molecule has 19 heavy (non-hydrogen) atoms. The Bertz CT molecular complexity index is 588. The van der Waals surface area contributed by atoms with Crippen LogP contribution in [0, 0.1) is 17.5 Å².